The highest BCUT2D eigenvalue weighted by molar-refractivity contribution is 5.94. The van der Waals surface area contributed by atoms with E-state index in [9.17, 15) is 40.2 Å². The number of esters is 2. The van der Waals surface area contributed by atoms with Gasteiger partial charge in [0.2, 0.25) is 11.5 Å². The second-order valence-electron chi connectivity index (χ2n) is 11.1. The van der Waals surface area contributed by atoms with Gasteiger partial charge in [0.1, 0.15) is 12.2 Å². The fourth-order valence-corrected chi connectivity index (χ4v) is 6.80. The van der Waals surface area contributed by atoms with Gasteiger partial charge >= 0.3 is 11.9 Å². The average molecular weight is 581 g/mol. The molecule has 2 heterocycles. The normalized spacial score (nSPS) is 26.9. The number of aromatic hydroxyl groups is 6. The summed E-state index contributed by atoms with van der Waals surface area (Å²) in [6.45, 7) is 7.25. The van der Waals surface area contributed by atoms with Crippen molar-refractivity contribution >= 4 is 11.9 Å². The molecule has 6 N–H and O–H groups in total. The molecule has 1 aliphatic carbocycles. The number of ether oxygens (including phenoxy) is 2. The van der Waals surface area contributed by atoms with E-state index in [4.69, 9.17) is 9.47 Å². The Labute approximate surface area is 243 Å². The second kappa shape index (κ2) is 10.8. The van der Waals surface area contributed by atoms with Crippen molar-refractivity contribution in [3.63, 3.8) is 0 Å². The number of carbonyl (C=O) groups is 2. The van der Waals surface area contributed by atoms with Gasteiger partial charge in [0.05, 0.1) is 0 Å². The monoisotopic (exact) mass is 580 g/mol. The fraction of sp³-hybridized carbons (Fsp3) is 0.438. The molecular weight excluding hydrogens is 544 g/mol. The highest BCUT2D eigenvalue weighted by Gasteiger charge is 2.42. The summed E-state index contributed by atoms with van der Waals surface area (Å²) in [5.74, 6) is -7.74. The summed E-state index contributed by atoms with van der Waals surface area (Å²) in [4.78, 5) is 26.6. The van der Waals surface area contributed by atoms with Gasteiger partial charge in [-0.2, -0.15) is 0 Å². The van der Waals surface area contributed by atoms with Crippen LogP contribution in [0.5, 0.6) is 34.5 Å². The third-order valence-corrected chi connectivity index (χ3v) is 9.05. The molecule has 0 radical (unpaired) electrons. The highest BCUT2D eigenvalue weighted by Crippen LogP contribution is 2.53. The molecule has 0 amide bonds. The van der Waals surface area contributed by atoms with Crippen LogP contribution in [0.25, 0.3) is 0 Å². The fourth-order valence-electron chi connectivity index (χ4n) is 6.80. The minimum atomic E-state index is -0.863. The molecule has 2 aliphatic heterocycles. The first-order valence-corrected chi connectivity index (χ1v) is 14.4. The van der Waals surface area contributed by atoms with Crippen LogP contribution in [-0.4, -0.2) is 54.8 Å². The lowest BCUT2D eigenvalue weighted by Crippen LogP contribution is -2.20. The zero-order valence-corrected chi connectivity index (χ0v) is 23.9. The largest absolute Gasteiger partial charge is 0.504 e. The quantitative estimate of drug-likeness (QED) is 0.205. The summed E-state index contributed by atoms with van der Waals surface area (Å²) < 4.78 is 11.5. The number of phenolic OH excluding ortho intramolecular Hbond substituents is 6. The summed E-state index contributed by atoms with van der Waals surface area (Å²) in [6.07, 6.45) is 2.91. The molecule has 0 spiro atoms. The summed E-state index contributed by atoms with van der Waals surface area (Å²) in [5.41, 5.74) is 1.35. The van der Waals surface area contributed by atoms with E-state index < -0.39 is 82.3 Å². The van der Waals surface area contributed by atoms with Crippen molar-refractivity contribution < 1.29 is 49.7 Å². The van der Waals surface area contributed by atoms with Gasteiger partial charge in [0.15, 0.2) is 23.0 Å². The summed E-state index contributed by atoms with van der Waals surface area (Å²) in [6, 6.07) is 3.07. The van der Waals surface area contributed by atoms with Gasteiger partial charge < -0.3 is 40.1 Å². The predicted molar refractivity (Wildman–Crippen MR) is 151 cm³/mol. The van der Waals surface area contributed by atoms with Gasteiger partial charge in [-0.15, -0.1) is 0 Å². The lowest BCUT2D eigenvalue weighted by atomic mass is 9.80. The number of hydrogen-bond acceptors (Lipinski definition) is 10. The third kappa shape index (κ3) is 4.31. The summed E-state index contributed by atoms with van der Waals surface area (Å²) in [5, 5.41) is 65.4. The van der Waals surface area contributed by atoms with Crippen molar-refractivity contribution in [3.8, 4) is 34.5 Å². The van der Waals surface area contributed by atoms with Gasteiger partial charge in [-0.25, -0.2) is 9.59 Å². The number of carbonyl (C=O) groups excluding carboxylic acids is 2. The first-order chi connectivity index (χ1) is 20.0. The Hall–Kier alpha value is -4.34. The second-order valence-corrected chi connectivity index (χ2v) is 11.1. The molecule has 42 heavy (non-hydrogen) atoms. The van der Waals surface area contributed by atoms with E-state index in [-0.39, 0.29) is 33.4 Å². The number of phenols is 6. The van der Waals surface area contributed by atoms with Crippen molar-refractivity contribution in [2.75, 3.05) is 0 Å². The standard InChI is InChI=1S/C32H36O10/c1-5-13-17-9-19(27(35)29(37)25(17)33)15(7-3)24-12-22(32(40)42-24)14(6-2)18-10-20(28(36)30(38)26(18)34)16(8-4)23-11-21(13)31(39)41-23/h9-16,23-24,33-38H,5-8H2,1-4H3. The van der Waals surface area contributed by atoms with Gasteiger partial charge in [0, 0.05) is 57.1 Å². The van der Waals surface area contributed by atoms with Crippen LogP contribution in [0.2, 0.25) is 0 Å². The molecule has 0 fully saturated rings. The van der Waals surface area contributed by atoms with E-state index in [0.29, 0.717) is 25.7 Å². The molecule has 5 rings (SSSR count). The Bertz CT molecular complexity index is 1410. The van der Waals surface area contributed by atoms with E-state index in [2.05, 4.69) is 0 Å². The molecule has 6 unspecified atom stereocenters. The Morgan fingerprint density at radius 3 is 1.17 bits per heavy atom. The van der Waals surface area contributed by atoms with Crippen LogP contribution >= 0.6 is 0 Å². The minimum absolute atomic E-state index is 0.206. The molecule has 8 bridgehead atoms. The molecule has 10 nitrogen and oxygen atoms in total. The SMILES string of the molecule is CCC1C2=CC(OC2=O)C(CC)c2cc(c(O)c(O)c2O)C(CC)C2=CC(OC2=O)C(CC)c2cc1c(O)c(O)c2O. The Morgan fingerprint density at radius 2 is 0.857 bits per heavy atom. The highest BCUT2D eigenvalue weighted by atomic mass is 16.6. The topological polar surface area (TPSA) is 174 Å². The Kier molecular flexibility index (Phi) is 7.51. The molecule has 3 aliphatic rings. The smallest absolute Gasteiger partial charge is 0.335 e. The third-order valence-electron chi connectivity index (χ3n) is 9.05. The molecule has 0 saturated heterocycles. The van der Waals surface area contributed by atoms with Crippen LogP contribution in [0.1, 0.15) is 99.3 Å². The van der Waals surface area contributed by atoms with Crippen LogP contribution in [0.15, 0.2) is 35.4 Å². The predicted octanol–water partition coefficient (Wildman–Crippen LogP) is 5.31. The lowest BCUT2D eigenvalue weighted by Gasteiger charge is -2.25. The Balaban J connectivity index is 1.84. The lowest BCUT2D eigenvalue weighted by molar-refractivity contribution is -0.141. The molecule has 10 heteroatoms. The first-order valence-electron chi connectivity index (χ1n) is 14.4. The van der Waals surface area contributed by atoms with Crippen molar-refractivity contribution in [1.29, 1.82) is 0 Å². The van der Waals surface area contributed by atoms with E-state index in [1.54, 1.807) is 26.0 Å². The average Bonchev–Trinajstić information content (AvgIpc) is 3.53. The van der Waals surface area contributed by atoms with Gasteiger partial charge in [0.25, 0.3) is 0 Å². The summed E-state index contributed by atoms with van der Waals surface area (Å²) in [7, 11) is 0. The number of hydrogen-bond donors (Lipinski definition) is 6. The van der Waals surface area contributed by atoms with E-state index in [0.717, 1.165) is 0 Å². The van der Waals surface area contributed by atoms with E-state index >= 15 is 0 Å². The maximum atomic E-state index is 13.3. The molecule has 6 atom stereocenters. The van der Waals surface area contributed by atoms with Gasteiger partial charge in [-0.1, -0.05) is 27.7 Å². The zero-order valence-electron chi connectivity index (χ0n) is 23.9. The molecule has 0 aromatic heterocycles. The van der Waals surface area contributed by atoms with E-state index in [1.807, 2.05) is 13.8 Å². The molecule has 0 saturated carbocycles. The van der Waals surface area contributed by atoms with Crippen LogP contribution < -0.4 is 0 Å². The van der Waals surface area contributed by atoms with Gasteiger partial charge in [-0.3, -0.25) is 0 Å². The first kappa shape index (κ1) is 29.2. The van der Waals surface area contributed by atoms with Crippen molar-refractivity contribution in [1.82, 2.24) is 0 Å². The Morgan fingerprint density at radius 1 is 0.524 bits per heavy atom. The van der Waals surface area contributed by atoms with Crippen molar-refractivity contribution in [2.24, 2.45) is 0 Å². The number of fused-ring (bicyclic) bond motifs is 6. The number of rotatable bonds is 4. The molecule has 2 aromatic carbocycles. The maximum Gasteiger partial charge on any atom is 0.335 e. The maximum absolute atomic E-state index is 13.3. The minimum Gasteiger partial charge on any atom is -0.504 e. The van der Waals surface area contributed by atoms with Crippen molar-refractivity contribution in [2.45, 2.75) is 89.3 Å². The van der Waals surface area contributed by atoms with Crippen LogP contribution in [0.4, 0.5) is 0 Å². The molecule has 2 aromatic rings. The van der Waals surface area contributed by atoms with Crippen LogP contribution in [0.3, 0.4) is 0 Å². The molecule has 224 valence electrons. The van der Waals surface area contributed by atoms with E-state index in [1.165, 1.54) is 12.1 Å². The van der Waals surface area contributed by atoms with Crippen molar-refractivity contribution in [3.05, 3.63) is 57.7 Å². The molecular formula is C32H36O10. The zero-order chi connectivity index (χ0) is 30.6. The van der Waals surface area contributed by atoms with Crippen LogP contribution in [0, 0.1) is 0 Å². The number of benzene rings is 2. The van der Waals surface area contributed by atoms with Crippen LogP contribution in [-0.2, 0) is 19.1 Å². The van der Waals surface area contributed by atoms with Gasteiger partial charge in [-0.05, 0) is 50.0 Å². The summed E-state index contributed by atoms with van der Waals surface area (Å²) >= 11 is 0.